The highest BCUT2D eigenvalue weighted by Crippen LogP contribution is 2.41. The van der Waals surface area contributed by atoms with Crippen LogP contribution in [0, 0.1) is 5.92 Å². The Hall–Kier alpha value is -2.23. The molecule has 0 unspecified atom stereocenters. The summed E-state index contributed by atoms with van der Waals surface area (Å²) in [4.78, 5) is 15.9. The second-order valence-corrected chi connectivity index (χ2v) is 7.32. The van der Waals surface area contributed by atoms with Crippen molar-refractivity contribution in [1.82, 2.24) is 14.6 Å². The van der Waals surface area contributed by atoms with Crippen molar-refractivity contribution in [2.75, 3.05) is 18.9 Å². The summed E-state index contributed by atoms with van der Waals surface area (Å²) >= 11 is 0. The van der Waals surface area contributed by atoms with Crippen LogP contribution in [0.3, 0.4) is 0 Å². The number of nitrogens with zero attached hydrogens (tertiary/aromatic N) is 3. The number of carbonyl (C=O) groups is 1. The van der Waals surface area contributed by atoms with E-state index < -0.39 is 17.3 Å². The Bertz CT molecular complexity index is 851. The minimum absolute atomic E-state index is 0.0646. The monoisotopic (exact) mass is 362 g/mol. The lowest BCUT2D eigenvalue weighted by Crippen LogP contribution is -2.50. The van der Waals surface area contributed by atoms with Crippen LogP contribution in [0.5, 0.6) is 0 Å². The van der Waals surface area contributed by atoms with Gasteiger partial charge >= 0.3 is 5.97 Å². The summed E-state index contributed by atoms with van der Waals surface area (Å²) in [7, 11) is 0. The van der Waals surface area contributed by atoms with Crippen LogP contribution in [-0.2, 0) is 19.9 Å². The molecule has 4 rings (SSSR count). The van der Waals surface area contributed by atoms with E-state index in [9.17, 15) is 15.0 Å². The van der Waals surface area contributed by atoms with E-state index in [1.165, 1.54) is 10.8 Å². The number of fused-ring (bicyclic) bond motifs is 1. The molecule has 9 nitrogen and oxygen atoms in total. The number of anilines is 1. The number of ether oxygens (including phenoxy) is 2. The highest BCUT2D eigenvalue weighted by Gasteiger charge is 2.58. The van der Waals surface area contributed by atoms with E-state index >= 15 is 0 Å². The van der Waals surface area contributed by atoms with Gasteiger partial charge < -0.3 is 25.4 Å². The second-order valence-electron chi connectivity index (χ2n) is 7.32. The molecule has 1 aliphatic heterocycles. The molecule has 2 aromatic heterocycles. The zero-order chi connectivity index (χ0) is 18.5. The van der Waals surface area contributed by atoms with Gasteiger partial charge in [-0.15, -0.1) is 0 Å². The Labute approximate surface area is 149 Å². The molecule has 140 valence electrons. The van der Waals surface area contributed by atoms with Crippen molar-refractivity contribution in [3.8, 4) is 0 Å². The molecule has 1 aliphatic carbocycles. The van der Waals surface area contributed by atoms with E-state index in [4.69, 9.17) is 15.2 Å². The first kappa shape index (κ1) is 17.2. The molecule has 0 bridgehead atoms. The number of aliphatic hydroxyl groups is 2. The summed E-state index contributed by atoms with van der Waals surface area (Å²) in [5.41, 5.74) is 3.74. The highest BCUT2D eigenvalue weighted by atomic mass is 16.6. The highest BCUT2D eigenvalue weighted by molar-refractivity contribution is 5.73. The summed E-state index contributed by atoms with van der Waals surface area (Å²) in [5, 5.41) is 26.1. The summed E-state index contributed by atoms with van der Waals surface area (Å²) < 4.78 is 12.5. The number of nitrogen functional groups attached to an aromatic ring is 1. The van der Waals surface area contributed by atoms with Crippen LogP contribution in [-0.4, -0.2) is 55.7 Å². The summed E-state index contributed by atoms with van der Waals surface area (Å²) in [5.74, 6) is -0.0805. The Morgan fingerprint density at radius 3 is 2.96 bits per heavy atom. The number of esters is 1. The van der Waals surface area contributed by atoms with Gasteiger partial charge in [-0.1, -0.05) is 6.42 Å². The number of nitrogens with two attached hydrogens (primary N) is 1. The lowest BCUT2D eigenvalue weighted by Gasteiger charge is -2.32. The molecule has 0 aromatic carbocycles. The van der Waals surface area contributed by atoms with Crippen molar-refractivity contribution in [3.05, 3.63) is 24.2 Å². The molecule has 3 atom stereocenters. The molecule has 2 aromatic rings. The number of aromatic nitrogens is 3. The smallest absolute Gasteiger partial charge is 0.309 e. The maximum Gasteiger partial charge on any atom is 0.309 e. The van der Waals surface area contributed by atoms with Crippen LogP contribution in [0.2, 0.25) is 0 Å². The van der Waals surface area contributed by atoms with E-state index in [-0.39, 0.29) is 30.9 Å². The van der Waals surface area contributed by atoms with Gasteiger partial charge in [0.25, 0.3) is 0 Å². The van der Waals surface area contributed by atoms with Gasteiger partial charge in [0, 0.05) is 0 Å². The summed E-state index contributed by atoms with van der Waals surface area (Å²) in [6.45, 7) is 1.32. The third-order valence-corrected chi connectivity index (χ3v) is 5.52. The normalized spacial score (nSPS) is 31.9. The fourth-order valence-electron chi connectivity index (χ4n) is 3.53. The molecule has 0 amide bonds. The van der Waals surface area contributed by atoms with Gasteiger partial charge in [-0.25, -0.2) is 9.50 Å². The first-order chi connectivity index (χ1) is 12.3. The number of hydrogen-bond donors (Lipinski definition) is 3. The quantitative estimate of drug-likeness (QED) is 0.647. The molecule has 2 aliphatic rings. The van der Waals surface area contributed by atoms with Crippen LogP contribution >= 0.6 is 0 Å². The van der Waals surface area contributed by atoms with Crippen LogP contribution in [0.4, 0.5) is 5.82 Å². The number of hydrogen-bond acceptors (Lipinski definition) is 8. The molecule has 3 heterocycles. The minimum Gasteiger partial charge on any atom is -0.462 e. The van der Waals surface area contributed by atoms with Crippen molar-refractivity contribution in [2.24, 2.45) is 5.92 Å². The first-order valence-corrected chi connectivity index (χ1v) is 8.65. The molecular formula is C17H22N4O5. The van der Waals surface area contributed by atoms with Crippen molar-refractivity contribution < 1.29 is 24.5 Å². The Morgan fingerprint density at radius 1 is 1.50 bits per heavy atom. The average Bonchev–Trinajstić information content (AvgIpc) is 3.10. The van der Waals surface area contributed by atoms with Crippen molar-refractivity contribution in [1.29, 1.82) is 0 Å². The first-order valence-electron chi connectivity index (χ1n) is 8.65. The minimum atomic E-state index is -1.72. The number of carbonyl (C=O) groups excluding carboxylic acids is 1. The Morgan fingerprint density at radius 2 is 2.27 bits per heavy atom. The molecule has 0 radical (unpaired) electrons. The van der Waals surface area contributed by atoms with Gasteiger partial charge in [-0.2, -0.15) is 5.10 Å². The van der Waals surface area contributed by atoms with Gasteiger partial charge in [0.15, 0.2) is 11.4 Å². The van der Waals surface area contributed by atoms with E-state index in [1.54, 1.807) is 19.1 Å². The molecule has 2 fully saturated rings. The molecular weight excluding hydrogens is 340 g/mol. The SMILES string of the molecule is C[C@]1(COC(=O)C2CCC2)OC[C@@](O)(c2ccc3c(N)ncnn23)[C@@H]1O. The molecule has 1 saturated heterocycles. The fraction of sp³-hybridized carbons (Fsp3) is 0.588. The van der Waals surface area contributed by atoms with E-state index in [2.05, 4.69) is 10.1 Å². The van der Waals surface area contributed by atoms with Crippen molar-refractivity contribution in [3.63, 3.8) is 0 Å². The lowest BCUT2D eigenvalue weighted by atomic mass is 9.85. The number of aliphatic hydroxyl groups excluding tert-OH is 1. The zero-order valence-electron chi connectivity index (χ0n) is 14.5. The maximum absolute atomic E-state index is 12.0. The Balaban J connectivity index is 1.57. The van der Waals surface area contributed by atoms with Gasteiger partial charge in [0.1, 0.15) is 30.2 Å². The fourth-order valence-corrected chi connectivity index (χ4v) is 3.53. The predicted molar refractivity (Wildman–Crippen MR) is 90.0 cm³/mol. The standard InChI is InChI=1S/C17H22N4O5/c1-16(7-25-14(22)10-3-2-4-10)15(23)17(24,8-26-16)12-6-5-11-13(18)19-9-20-21(11)12/h5-6,9-10,15,23-24H,2-4,7-8H2,1H3,(H2,18,19,20)/t15-,16-,17-/m1/s1. The average molecular weight is 362 g/mol. The third kappa shape index (κ3) is 2.46. The van der Waals surface area contributed by atoms with Crippen molar-refractivity contribution in [2.45, 2.75) is 43.5 Å². The molecule has 26 heavy (non-hydrogen) atoms. The van der Waals surface area contributed by atoms with E-state index in [0.717, 1.165) is 19.3 Å². The van der Waals surface area contributed by atoms with Crippen LogP contribution in [0.1, 0.15) is 31.9 Å². The third-order valence-electron chi connectivity index (χ3n) is 5.52. The lowest BCUT2D eigenvalue weighted by molar-refractivity contribution is -0.165. The maximum atomic E-state index is 12.0. The Kier molecular flexibility index (Phi) is 3.90. The van der Waals surface area contributed by atoms with Crippen molar-refractivity contribution >= 4 is 17.3 Å². The molecule has 4 N–H and O–H groups in total. The van der Waals surface area contributed by atoms with E-state index in [1.807, 2.05) is 0 Å². The topological polar surface area (TPSA) is 132 Å². The summed E-state index contributed by atoms with van der Waals surface area (Å²) in [6, 6.07) is 3.29. The van der Waals surface area contributed by atoms with Gasteiger partial charge in [-0.3, -0.25) is 4.79 Å². The van der Waals surface area contributed by atoms with Gasteiger partial charge in [0.2, 0.25) is 0 Å². The zero-order valence-corrected chi connectivity index (χ0v) is 14.5. The summed E-state index contributed by atoms with van der Waals surface area (Å²) in [6.07, 6.45) is 2.65. The molecule has 9 heteroatoms. The molecule has 0 spiro atoms. The van der Waals surface area contributed by atoms with Crippen LogP contribution in [0.25, 0.3) is 5.52 Å². The largest absolute Gasteiger partial charge is 0.462 e. The van der Waals surface area contributed by atoms with E-state index in [0.29, 0.717) is 11.2 Å². The van der Waals surface area contributed by atoms with Gasteiger partial charge in [0.05, 0.1) is 18.2 Å². The predicted octanol–water partition coefficient (Wildman–Crippen LogP) is -0.00780. The van der Waals surface area contributed by atoms with Gasteiger partial charge in [-0.05, 0) is 31.9 Å². The van der Waals surface area contributed by atoms with Crippen LogP contribution in [0.15, 0.2) is 18.5 Å². The van der Waals surface area contributed by atoms with Crippen LogP contribution < -0.4 is 5.73 Å². The molecule has 1 saturated carbocycles. The second kappa shape index (κ2) is 5.90. The number of rotatable bonds is 4.